The molecule has 0 radical (unpaired) electrons. The lowest BCUT2D eigenvalue weighted by Gasteiger charge is -2.13. The Morgan fingerprint density at radius 2 is 1.89 bits per heavy atom. The fourth-order valence-electron chi connectivity index (χ4n) is 1.66. The molecule has 7 heteroatoms. The zero-order valence-electron chi connectivity index (χ0n) is 9.88. The number of aliphatic hydroxyl groups is 3. The van der Waals surface area contributed by atoms with Crippen LogP contribution in [0.5, 0.6) is 0 Å². The van der Waals surface area contributed by atoms with Crippen LogP contribution in [0.1, 0.15) is 10.4 Å². The summed E-state index contributed by atoms with van der Waals surface area (Å²) in [5.74, 6) is -0.752. The number of carbonyl (C=O) groups excluding carboxylic acids is 1. The molecule has 104 valence electrons. The third-order valence-electron chi connectivity index (χ3n) is 2.73. The van der Waals surface area contributed by atoms with Crippen LogP contribution < -0.4 is 0 Å². The molecule has 3 N–H and O–H groups in total. The van der Waals surface area contributed by atoms with Crippen molar-refractivity contribution in [3.8, 4) is 0 Å². The highest BCUT2D eigenvalue weighted by Gasteiger charge is 2.44. The van der Waals surface area contributed by atoms with Crippen LogP contribution in [0.3, 0.4) is 0 Å². The molecule has 19 heavy (non-hydrogen) atoms. The Bertz CT molecular complexity index is 421. The highest BCUT2D eigenvalue weighted by Crippen LogP contribution is 2.22. The van der Waals surface area contributed by atoms with E-state index in [1.165, 1.54) is 12.1 Å². The SMILES string of the molecule is O=C(OO[C@@H]1O[C@H](CO)[C@@H](O)[C@H]1O)c1ccccc1. The summed E-state index contributed by atoms with van der Waals surface area (Å²) >= 11 is 0. The molecule has 1 aromatic carbocycles. The third-order valence-corrected chi connectivity index (χ3v) is 2.73. The molecule has 7 nitrogen and oxygen atoms in total. The lowest BCUT2D eigenvalue weighted by molar-refractivity contribution is -0.348. The van der Waals surface area contributed by atoms with Crippen molar-refractivity contribution in [1.29, 1.82) is 0 Å². The van der Waals surface area contributed by atoms with E-state index >= 15 is 0 Å². The van der Waals surface area contributed by atoms with E-state index in [9.17, 15) is 15.0 Å². The van der Waals surface area contributed by atoms with Crippen molar-refractivity contribution >= 4 is 5.97 Å². The van der Waals surface area contributed by atoms with Crippen LogP contribution in [0.2, 0.25) is 0 Å². The van der Waals surface area contributed by atoms with Crippen LogP contribution in [-0.2, 0) is 14.5 Å². The Kier molecular flexibility index (Phi) is 4.46. The van der Waals surface area contributed by atoms with Gasteiger partial charge in [-0.25, -0.2) is 4.79 Å². The van der Waals surface area contributed by atoms with Crippen LogP contribution in [0, 0.1) is 0 Å². The third kappa shape index (κ3) is 3.09. The monoisotopic (exact) mass is 270 g/mol. The maximum atomic E-state index is 11.5. The number of rotatable bonds is 4. The molecule has 0 unspecified atom stereocenters. The van der Waals surface area contributed by atoms with Crippen molar-refractivity contribution in [2.24, 2.45) is 0 Å². The number of hydrogen-bond donors (Lipinski definition) is 3. The molecule has 1 aromatic rings. The first-order valence-corrected chi connectivity index (χ1v) is 5.68. The molecule has 1 aliphatic rings. The van der Waals surface area contributed by atoms with Crippen molar-refractivity contribution in [3.63, 3.8) is 0 Å². The van der Waals surface area contributed by atoms with Crippen LogP contribution in [0.25, 0.3) is 0 Å². The second-order valence-electron chi connectivity index (χ2n) is 4.04. The number of carbonyl (C=O) groups is 1. The van der Waals surface area contributed by atoms with E-state index in [-0.39, 0.29) is 5.56 Å². The smallest absolute Gasteiger partial charge is 0.373 e. The van der Waals surface area contributed by atoms with Crippen molar-refractivity contribution in [2.75, 3.05) is 6.61 Å². The van der Waals surface area contributed by atoms with Crippen LogP contribution in [0.15, 0.2) is 30.3 Å². The summed E-state index contributed by atoms with van der Waals surface area (Å²) in [6, 6.07) is 8.11. The number of hydrogen-bond acceptors (Lipinski definition) is 7. The van der Waals surface area contributed by atoms with Crippen molar-refractivity contribution in [1.82, 2.24) is 0 Å². The highest BCUT2D eigenvalue weighted by atomic mass is 17.2. The van der Waals surface area contributed by atoms with E-state index in [0.29, 0.717) is 0 Å². The highest BCUT2D eigenvalue weighted by molar-refractivity contribution is 5.88. The van der Waals surface area contributed by atoms with Crippen molar-refractivity contribution < 1.29 is 34.6 Å². The van der Waals surface area contributed by atoms with Gasteiger partial charge < -0.3 is 20.1 Å². The van der Waals surface area contributed by atoms with Crippen LogP contribution >= 0.6 is 0 Å². The van der Waals surface area contributed by atoms with E-state index in [0.717, 1.165) is 0 Å². The quantitative estimate of drug-likeness (QED) is 0.486. The first kappa shape index (κ1) is 13.9. The van der Waals surface area contributed by atoms with Crippen LogP contribution in [-0.4, -0.2) is 52.5 Å². The van der Waals surface area contributed by atoms with Gasteiger partial charge in [0.25, 0.3) is 0 Å². The topological polar surface area (TPSA) is 105 Å². The molecule has 1 heterocycles. The first-order chi connectivity index (χ1) is 9.13. The fraction of sp³-hybridized carbons (Fsp3) is 0.417. The predicted molar refractivity (Wildman–Crippen MR) is 60.7 cm³/mol. The Hall–Kier alpha value is -1.51. The minimum absolute atomic E-state index is 0.272. The van der Waals surface area contributed by atoms with Crippen molar-refractivity contribution in [2.45, 2.75) is 24.6 Å². The summed E-state index contributed by atoms with van der Waals surface area (Å²) in [5, 5.41) is 27.9. The Morgan fingerprint density at radius 1 is 1.21 bits per heavy atom. The Labute approximate surface area is 108 Å². The maximum absolute atomic E-state index is 11.5. The van der Waals surface area contributed by atoms with Gasteiger partial charge in [0.15, 0.2) is 0 Å². The zero-order valence-corrected chi connectivity index (χ0v) is 9.88. The molecule has 4 atom stereocenters. The minimum atomic E-state index is -1.40. The molecule has 0 spiro atoms. The van der Waals surface area contributed by atoms with Crippen LogP contribution in [0.4, 0.5) is 0 Å². The molecule has 1 aliphatic heterocycles. The lowest BCUT2D eigenvalue weighted by Crippen LogP contribution is -2.34. The summed E-state index contributed by atoms with van der Waals surface area (Å²) in [4.78, 5) is 20.7. The average molecular weight is 270 g/mol. The summed E-state index contributed by atoms with van der Waals surface area (Å²) in [5.41, 5.74) is 0.272. The summed E-state index contributed by atoms with van der Waals surface area (Å²) < 4.78 is 4.97. The zero-order chi connectivity index (χ0) is 13.8. The molecule has 0 saturated carbocycles. The molecule has 0 aliphatic carbocycles. The summed E-state index contributed by atoms with van der Waals surface area (Å²) in [7, 11) is 0. The molecule has 0 aromatic heterocycles. The van der Waals surface area contributed by atoms with Gasteiger partial charge in [0.05, 0.1) is 12.2 Å². The minimum Gasteiger partial charge on any atom is -0.394 e. The van der Waals surface area contributed by atoms with Gasteiger partial charge in [-0.1, -0.05) is 18.2 Å². The molecule has 1 fully saturated rings. The molecule has 0 amide bonds. The van der Waals surface area contributed by atoms with Gasteiger partial charge in [-0.3, -0.25) is 4.89 Å². The van der Waals surface area contributed by atoms with Gasteiger partial charge in [0.2, 0.25) is 6.29 Å². The fourth-order valence-corrected chi connectivity index (χ4v) is 1.66. The van der Waals surface area contributed by atoms with Gasteiger partial charge in [-0.15, -0.1) is 4.89 Å². The number of benzene rings is 1. The lowest BCUT2D eigenvalue weighted by atomic mass is 10.1. The second kappa shape index (κ2) is 6.09. The van der Waals surface area contributed by atoms with E-state index in [1.54, 1.807) is 18.2 Å². The van der Waals surface area contributed by atoms with Gasteiger partial charge >= 0.3 is 5.97 Å². The summed E-state index contributed by atoms with van der Waals surface area (Å²) in [6.07, 6.45) is -5.01. The van der Waals surface area contributed by atoms with E-state index in [1.807, 2.05) is 0 Å². The second-order valence-corrected chi connectivity index (χ2v) is 4.04. The average Bonchev–Trinajstić information content (AvgIpc) is 2.73. The molecular weight excluding hydrogens is 256 g/mol. The van der Waals surface area contributed by atoms with Crippen molar-refractivity contribution in [3.05, 3.63) is 35.9 Å². The molecule has 2 rings (SSSR count). The number of ether oxygens (including phenoxy) is 1. The standard InChI is InChI=1S/C12H14O7/c13-6-8-9(14)10(15)12(17-8)19-18-11(16)7-4-2-1-3-5-7/h1-5,8-10,12-15H,6H2/t8-,9-,10-,12+/m1/s1. The molecular formula is C12H14O7. The van der Waals surface area contributed by atoms with Gasteiger partial charge in [0, 0.05) is 0 Å². The van der Waals surface area contributed by atoms with E-state index in [4.69, 9.17) is 9.84 Å². The van der Waals surface area contributed by atoms with E-state index < -0.39 is 37.2 Å². The normalized spacial score (nSPS) is 30.3. The predicted octanol–water partition coefficient (Wildman–Crippen LogP) is -0.786. The van der Waals surface area contributed by atoms with Gasteiger partial charge in [0.1, 0.15) is 18.3 Å². The molecule has 1 saturated heterocycles. The largest absolute Gasteiger partial charge is 0.394 e. The Morgan fingerprint density at radius 3 is 2.47 bits per heavy atom. The van der Waals surface area contributed by atoms with Gasteiger partial charge in [-0.05, 0) is 12.1 Å². The first-order valence-electron chi connectivity index (χ1n) is 5.68. The Balaban J connectivity index is 1.88. The maximum Gasteiger partial charge on any atom is 0.373 e. The number of aliphatic hydroxyl groups excluding tert-OH is 3. The summed E-state index contributed by atoms with van der Waals surface area (Å²) in [6.45, 7) is -0.481. The molecule has 0 bridgehead atoms. The van der Waals surface area contributed by atoms with E-state index in [2.05, 4.69) is 9.78 Å². The van der Waals surface area contributed by atoms with Gasteiger partial charge in [-0.2, -0.15) is 0 Å².